The van der Waals surface area contributed by atoms with E-state index in [1.54, 1.807) is 12.1 Å². The Bertz CT molecular complexity index is 1030. The molecule has 0 saturated heterocycles. The fourth-order valence-corrected chi connectivity index (χ4v) is 2.64. The molecule has 6 heteroatoms. The summed E-state index contributed by atoms with van der Waals surface area (Å²) in [4.78, 5) is 7.41. The maximum Gasteiger partial charge on any atom is 0.416 e. The van der Waals surface area contributed by atoms with Crippen LogP contribution in [0.5, 0.6) is 0 Å². The Morgan fingerprint density at radius 3 is 2.50 bits per heavy atom. The molecule has 0 aliphatic carbocycles. The van der Waals surface area contributed by atoms with Crippen LogP contribution in [-0.4, -0.2) is 9.97 Å². The van der Waals surface area contributed by atoms with Crippen molar-refractivity contribution in [2.75, 3.05) is 5.32 Å². The minimum Gasteiger partial charge on any atom is -0.361 e. The van der Waals surface area contributed by atoms with Crippen LogP contribution >= 0.6 is 0 Å². The third-order valence-corrected chi connectivity index (χ3v) is 3.85. The average molecular weight is 327 g/mol. The van der Waals surface area contributed by atoms with Crippen molar-refractivity contribution in [3.63, 3.8) is 0 Å². The molecule has 3 nitrogen and oxygen atoms in total. The third kappa shape index (κ3) is 2.67. The number of anilines is 2. The van der Waals surface area contributed by atoms with Crippen molar-refractivity contribution in [2.45, 2.75) is 6.18 Å². The number of aromatic amines is 1. The van der Waals surface area contributed by atoms with Gasteiger partial charge < -0.3 is 10.3 Å². The van der Waals surface area contributed by atoms with Crippen molar-refractivity contribution in [3.05, 3.63) is 66.4 Å². The van der Waals surface area contributed by atoms with E-state index in [1.165, 1.54) is 6.07 Å². The van der Waals surface area contributed by atoms with E-state index in [4.69, 9.17) is 0 Å². The van der Waals surface area contributed by atoms with Crippen molar-refractivity contribution in [1.29, 1.82) is 0 Å². The zero-order valence-electron chi connectivity index (χ0n) is 12.4. The number of rotatable bonds is 2. The first-order valence-electron chi connectivity index (χ1n) is 7.31. The first-order chi connectivity index (χ1) is 11.5. The molecule has 0 spiro atoms. The number of nitrogens with zero attached hydrogens (tertiary/aromatic N) is 1. The summed E-state index contributed by atoms with van der Waals surface area (Å²) in [5.74, 6) is 0.493. The Labute approximate surface area is 135 Å². The largest absolute Gasteiger partial charge is 0.416 e. The van der Waals surface area contributed by atoms with E-state index in [9.17, 15) is 13.2 Å². The number of hydrogen-bond acceptors (Lipinski definition) is 2. The molecule has 0 saturated carbocycles. The number of pyridine rings is 1. The normalized spacial score (nSPS) is 12.0. The summed E-state index contributed by atoms with van der Waals surface area (Å²) in [5.41, 5.74) is 1.38. The van der Waals surface area contributed by atoms with E-state index in [1.807, 2.05) is 30.5 Å². The molecule has 24 heavy (non-hydrogen) atoms. The number of halogens is 3. The highest BCUT2D eigenvalue weighted by Crippen LogP contribution is 2.31. The Morgan fingerprint density at radius 1 is 0.875 bits per heavy atom. The van der Waals surface area contributed by atoms with Gasteiger partial charge in [0.15, 0.2) is 0 Å². The molecule has 0 radical (unpaired) electrons. The molecule has 0 atom stereocenters. The molecule has 2 aromatic carbocycles. The van der Waals surface area contributed by atoms with Crippen molar-refractivity contribution in [2.24, 2.45) is 0 Å². The molecule has 0 bridgehead atoms. The van der Waals surface area contributed by atoms with E-state index < -0.39 is 11.7 Å². The average Bonchev–Trinajstić information content (AvgIpc) is 3.01. The second kappa shape index (κ2) is 5.26. The molecular formula is C18H12F3N3. The second-order valence-electron chi connectivity index (χ2n) is 5.51. The van der Waals surface area contributed by atoms with Gasteiger partial charge in [-0.15, -0.1) is 0 Å². The Kier molecular flexibility index (Phi) is 3.19. The number of alkyl halides is 3. The first kappa shape index (κ1) is 14.6. The standard InChI is InChI=1S/C18H12F3N3/c19-18(20,21)13-4-1-11-3-6-17(24-16(11)9-13)23-14-5-2-12-7-8-22-15(12)10-14/h1-10,22H,(H,23,24). The molecule has 2 N–H and O–H groups in total. The molecule has 2 heterocycles. The number of benzene rings is 2. The topological polar surface area (TPSA) is 40.7 Å². The molecule has 0 unspecified atom stereocenters. The summed E-state index contributed by atoms with van der Waals surface area (Å²) in [6, 6.07) is 14.8. The minimum atomic E-state index is -4.38. The first-order valence-corrected chi connectivity index (χ1v) is 7.31. The van der Waals surface area contributed by atoms with Crippen LogP contribution in [0.15, 0.2) is 60.8 Å². The number of aromatic nitrogens is 2. The number of hydrogen-bond donors (Lipinski definition) is 2. The molecule has 4 aromatic rings. The van der Waals surface area contributed by atoms with Gasteiger partial charge in [-0.25, -0.2) is 4.98 Å². The third-order valence-electron chi connectivity index (χ3n) is 3.85. The van der Waals surface area contributed by atoms with Gasteiger partial charge in [0, 0.05) is 22.8 Å². The predicted molar refractivity (Wildman–Crippen MR) is 88.3 cm³/mol. The number of H-pyrrole nitrogens is 1. The summed E-state index contributed by atoms with van der Waals surface area (Å²) < 4.78 is 38.5. The smallest absolute Gasteiger partial charge is 0.361 e. The van der Waals surface area contributed by atoms with E-state index in [0.29, 0.717) is 16.7 Å². The van der Waals surface area contributed by atoms with Crippen LogP contribution in [0.3, 0.4) is 0 Å². The predicted octanol–water partition coefficient (Wildman–Crippen LogP) is 5.48. The van der Waals surface area contributed by atoms with Gasteiger partial charge in [0.05, 0.1) is 11.1 Å². The van der Waals surface area contributed by atoms with Crippen molar-refractivity contribution < 1.29 is 13.2 Å². The molecule has 0 aliphatic rings. The lowest BCUT2D eigenvalue weighted by molar-refractivity contribution is -0.137. The van der Waals surface area contributed by atoms with Crippen LogP contribution in [0.25, 0.3) is 21.8 Å². The van der Waals surface area contributed by atoms with Crippen LogP contribution in [0, 0.1) is 0 Å². The van der Waals surface area contributed by atoms with E-state index in [0.717, 1.165) is 28.7 Å². The summed E-state index contributed by atoms with van der Waals surface area (Å²) in [6.07, 6.45) is -2.53. The highest BCUT2D eigenvalue weighted by Gasteiger charge is 2.30. The zero-order valence-corrected chi connectivity index (χ0v) is 12.4. The summed E-state index contributed by atoms with van der Waals surface area (Å²) >= 11 is 0. The van der Waals surface area contributed by atoms with Crippen LogP contribution < -0.4 is 5.32 Å². The number of nitrogens with one attached hydrogen (secondary N) is 2. The van der Waals surface area contributed by atoms with Gasteiger partial charge in [-0.3, -0.25) is 0 Å². The van der Waals surface area contributed by atoms with E-state index >= 15 is 0 Å². The molecule has 4 rings (SSSR count). The Hall–Kier alpha value is -3.02. The quantitative estimate of drug-likeness (QED) is 0.512. The highest BCUT2D eigenvalue weighted by molar-refractivity contribution is 5.85. The van der Waals surface area contributed by atoms with Gasteiger partial charge >= 0.3 is 6.18 Å². The lowest BCUT2D eigenvalue weighted by Gasteiger charge is -2.09. The summed E-state index contributed by atoms with van der Waals surface area (Å²) in [7, 11) is 0. The lowest BCUT2D eigenvalue weighted by atomic mass is 10.1. The molecule has 0 amide bonds. The summed E-state index contributed by atoms with van der Waals surface area (Å²) in [5, 5.41) is 4.87. The molecule has 0 aliphatic heterocycles. The van der Waals surface area contributed by atoms with Crippen LogP contribution in [-0.2, 0) is 6.18 Å². The van der Waals surface area contributed by atoms with Crippen molar-refractivity contribution in [3.8, 4) is 0 Å². The van der Waals surface area contributed by atoms with Gasteiger partial charge in [0.25, 0.3) is 0 Å². The SMILES string of the molecule is FC(F)(F)c1ccc2ccc(Nc3ccc4cc[nH]c4c3)nc2c1. The highest BCUT2D eigenvalue weighted by atomic mass is 19.4. The molecular weight excluding hydrogens is 315 g/mol. The maximum atomic E-state index is 12.8. The Balaban J connectivity index is 1.70. The van der Waals surface area contributed by atoms with Crippen molar-refractivity contribution in [1.82, 2.24) is 9.97 Å². The second-order valence-corrected chi connectivity index (χ2v) is 5.51. The fraction of sp³-hybridized carbons (Fsp3) is 0.0556. The minimum absolute atomic E-state index is 0.302. The monoisotopic (exact) mass is 327 g/mol. The van der Waals surface area contributed by atoms with Crippen LogP contribution in [0.2, 0.25) is 0 Å². The van der Waals surface area contributed by atoms with Gasteiger partial charge in [-0.2, -0.15) is 13.2 Å². The zero-order chi connectivity index (χ0) is 16.7. The molecule has 2 aromatic heterocycles. The van der Waals surface area contributed by atoms with Crippen LogP contribution in [0.4, 0.5) is 24.7 Å². The van der Waals surface area contributed by atoms with Gasteiger partial charge in [-0.1, -0.05) is 12.1 Å². The molecule has 120 valence electrons. The van der Waals surface area contributed by atoms with Crippen molar-refractivity contribution >= 4 is 33.3 Å². The summed E-state index contributed by atoms with van der Waals surface area (Å²) in [6.45, 7) is 0. The van der Waals surface area contributed by atoms with Gasteiger partial charge in [0.1, 0.15) is 5.82 Å². The van der Waals surface area contributed by atoms with E-state index in [2.05, 4.69) is 15.3 Å². The molecule has 0 fully saturated rings. The van der Waals surface area contributed by atoms with Crippen LogP contribution in [0.1, 0.15) is 5.56 Å². The number of fused-ring (bicyclic) bond motifs is 2. The Morgan fingerprint density at radius 2 is 1.67 bits per heavy atom. The van der Waals surface area contributed by atoms with Gasteiger partial charge in [-0.05, 0) is 47.9 Å². The van der Waals surface area contributed by atoms with Gasteiger partial charge in [0.2, 0.25) is 0 Å². The fourth-order valence-electron chi connectivity index (χ4n) is 2.64. The maximum absolute atomic E-state index is 12.8. The van der Waals surface area contributed by atoms with E-state index in [-0.39, 0.29) is 0 Å². The lowest BCUT2D eigenvalue weighted by Crippen LogP contribution is -2.04.